The highest BCUT2D eigenvalue weighted by Crippen LogP contribution is 2.61. The van der Waals surface area contributed by atoms with Gasteiger partial charge >= 0.3 is 0 Å². The second kappa shape index (κ2) is 10.5. The molecule has 5 aliphatic carbocycles. The summed E-state index contributed by atoms with van der Waals surface area (Å²) in [5, 5.41) is 5.16. The van der Waals surface area contributed by atoms with Crippen molar-refractivity contribution < 1.29 is 9.47 Å². The number of halogens is 3. The maximum absolute atomic E-state index is 6.39. The average Bonchev–Trinajstić information content (AvgIpc) is 3.46. The smallest absolute Gasteiger partial charge is 0.175 e. The summed E-state index contributed by atoms with van der Waals surface area (Å²) in [6.45, 7) is 0.319. The van der Waals surface area contributed by atoms with Crippen LogP contribution >= 0.6 is 39.1 Å². The summed E-state index contributed by atoms with van der Waals surface area (Å²) >= 11 is 16.3. The van der Waals surface area contributed by atoms with Crippen LogP contribution in [0.4, 0.5) is 5.69 Å². The number of methoxy groups -OCH3 is 1. The van der Waals surface area contributed by atoms with E-state index in [1.54, 1.807) is 18.7 Å². The zero-order valence-electron chi connectivity index (χ0n) is 23.8. The van der Waals surface area contributed by atoms with Crippen molar-refractivity contribution in [3.63, 3.8) is 0 Å². The molecule has 4 fully saturated rings. The lowest BCUT2D eigenvalue weighted by Crippen LogP contribution is -2.48. The van der Waals surface area contributed by atoms with Crippen molar-refractivity contribution in [2.45, 2.75) is 68.9 Å². The van der Waals surface area contributed by atoms with Gasteiger partial charge in [0.15, 0.2) is 11.5 Å². The highest BCUT2D eigenvalue weighted by Gasteiger charge is 2.52. The summed E-state index contributed by atoms with van der Waals surface area (Å²) in [6, 6.07) is 17.4. The lowest BCUT2D eigenvalue weighted by molar-refractivity contribution is -0.00523. The first-order valence-corrected chi connectivity index (χ1v) is 17.0. The van der Waals surface area contributed by atoms with Gasteiger partial charge in [-0.1, -0.05) is 53.6 Å². The van der Waals surface area contributed by atoms with Gasteiger partial charge < -0.3 is 14.8 Å². The number of nitrogens with one attached hydrogen (secondary N) is 1. The molecule has 0 amide bonds. The minimum atomic E-state index is 0.174. The van der Waals surface area contributed by atoms with Crippen molar-refractivity contribution in [3.8, 4) is 11.5 Å². The maximum atomic E-state index is 6.39. The van der Waals surface area contributed by atoms with Gasteiger partial charge in [-0.15, -0.1) is 0 Å². The second-order valence-corrected chi connectivity index (χ2v) is 15.2. The number of hydrogen-bond acceptors (Lipinski definition) is 3. The molecule has 6 aliphatic rings. The minimum Gasteiger partial charge on any atom is -0.493 e. The molecule has 3 aromatic carbocycles. The van der Waals surface area contributed by atoms with Gasteiger partial charge in [-0.2, -0.15) is 0 Å². The van der Waals surface area contributed by atoms with E-state index < -0.39 is 0 Å². The largest absolute Gasteiger partial charge is 0.493 e. The summed E-state index contributed by atoms with van der Waals surface area (Å²) < 4.78 is 13.0. The molecule has 6 heteroatoms. The van der Waals surface area contributed by atoms with Crippen LogP contribution in [0.1, 0.15) is 79.2 Å². The molecule has 42 heavy (non-hydrogen) atoms. The van der Waals surface area contributed by atoms with Gasteiger partial charge in [0.05, 0.1) is 17.6 Å². The Morgan fingerprint density at radius 1 is 0.952 bits per heavy atom. The molecule has 0 unspecified atom stereocenters. The molecule has 1 heterocycles. The van der Waals surface area contributed by atoms with Crippen molar-refractivity contribution in [2.75, 3.05) is 12.4 Å². The summed E-state index contributed by atoms with van der Waals surface area (Å²) in [7, 11) is 1.70. The second-order valence-electron chi connectivity index (χ2n) is 13.5. The Labute approximate surface area is 267 Å². The molecular formula is C36H36BrCl2NO2. The fraction of sp³-hybridized carbons (Fsp3) is 0.444. The number of rotatable bonds is 6. The van der Waals surface area contributed by atoms with Gasteiger partial charge in [-0.25, -0.2) is 0 Å². The Morgan fingerprint density at radius 3 is 2.43 bits per heavy atom. The third-order valence-electron chi connectivity index (χ3n) is 11.0. The minimum absolute atomic E-state index is 0.174. The number of benzene rings is 3. The van der Waals surface area contributed by atoms with E-state index in [0.29, 0.717) is 45.4 Å². The van der Waals surface area contributed by atoms with Crippen LogP contribution in [0.15, 0.2) is 65.2 Å². The van der Waals surface area contributed by atoms with Crippen LogP contribution in [0.25, 0.3) is 0 Å². The average molecular weight is 665 g/mol. The molecule has 1 N–H and O–H groups in total. The van der Waals surface area contributed by atoms with Crippen molar-refractivity contribution in [1.29, 1.82) is 0 Å². The number of ether oxygens (including phenoxy) is 2. The summed E-state index contributed by atoms with van der Waals surface area (Å²) in [5.41, 5.74) is 6.87. The van der Waals surface area contributed by atoms with Gasteiger partial charge in [-0.05, 0) is 137 Å². The van der Waals surface area contributed by atoms with Crippen molar-refractivity contribution >= 4 is 44.8 Å². The number of fused-ring (bicyclic) bond motifs is 3. The number of allylic oxidation sites excluding steroid dienone is 2. The molecule has 0 aromatic heterocycles. The molecule has 4 saturated carbocycles. The van der Waals surface area contributed by atoms with Gasteiger partial charge in [0.2, 0.25) is 0 Å². The summed E-state index contributed by atoms with van der Waals surface area (Å²) in [5.74, 6) is 5.13. The van der Waals surface area contributed by atoms with Crippen molar-refractivity contribution in [2.24, 2.45) is 23.7 Å². The van der Waals surface area contributed by atoms with E-state index in [9.17, 15) is 0 Å². The Balaban J connectivity index is 1.08. The Hall–Kier alpha value is -2.14. The monoisotopic (exact) mass is 663 g/mol. The quantitative estimate of drug-likeness (QED) is 0.266. The van der Waals surface area contributed by atoms with E-state index in [-0.39, 0.29) is 6.04 Å². The standard InChI is InChI=1S/C36H36BrCl2NO2/c1-41-33-13-24(12-30(37)35(33)42-19-23-5-7-26(38)15-31(23)39)34-28-4-2-3-27(28)29-14-25(6-8-32(29)40-34)36-16-20-9-21(17-36)11-22(10-20)18-36/h2-3,5-8,12-15,20-22,27-28,34,40H,4,9-11,16-19H2,1H3/t20?,21?,22?,27-,28+,34+,36?/m1/s1. The Kier molecular flexibility index (Phi) is 6.85. The van der Waals surface area contributed by atoms with Gasteiger partial charge in [0.25, 0.3) is 0 Å². The first kappa shape index (κ1) is 27.4. The third-order valence-corrected chi connectivity index (χ3v) is 12.2. The van der Waals surface area contributed by atoms with E-state index in [1.165, 1.54) is 55.3 Å². The van der Waals surface area contributed by atoms with Crippen LogP contribution in [-0.4, -0.2) is 7.11 Å². The molecule has 0 radical (unpaired) electrons. The van der Waals surface area contributed by atoms with Crippen LogP contribution < -0.4 is 14.8 Å². The molecule has 3 nitrogen and oxygen atoms in total. The van der Waals surface area contributed by atoms with Crippen LogP contribution in [0.3, 0.4) is 0 Å². The third kappa shape index (κ3) is 4.59. The molecule has 9 rings (SSSR count). The fourth-order valence-corrected chi connectivity index (χ4v) is 10.6. The highest BCUT2D eigenvalue weighted by molar-refractivity contribution is 9.10. The predicted octanol–water partition coefficient (Wildman–Crippen LogP) is 10.6. The molecule has 4 bridgehead atoms. The zero-order valence-corrected chi connectivity index (χ0v) is 26.9. The van der Waals surface area contributed by atoms with Gasteiger partial charge in [0.1, 0.15) is 6.61 Å². The molecule has 0 spiro atoms. The molecule has 0 saturated heterocycles. The first-order valence-electron chi connectivity index (χ1n) is 15.4. The van der Waals surface area contributed by atoms with E-state index in [2.05, 4.69) is 63.7 Å². The topological polar surface area (TPSA) is 30.5 Å². The Bertz CT molecular complexity index is 1550. The summed E-state index contributed by atoms with van der Waals surface area (Å²) in [4.78, 5) is 0. The Morgan fingerprint density at radius 2 is 1.71 bits per heavy atom. The first-order chi connectivity index (χ1) is 20.4. The molecule has 1 aliphatic heterocycles. The molecule has 3 atom stereocenters. The van der Waals surface area contributed by atoms with Gasteiger partial charge in [0, 0.05) is 27.2 Å². The fourth-order valence-electron chi connectivity index (χ4n) is 9.57. The summed E-state index contributed by atoms with van der Waals surface area (Å²) in [6.07, 6.45) is 14.6. The molecular weight excluding hydrogens is 629 g/mol. The maximum Gasteiger partial charge on any atom is 0.175 e. The van der Waals surface area contributed by atoms with Crippen LogP contribution in [0.2, 0.25) is 10.0 Å². The molecule has 3 aromatic rings. The van der Waals surface area contributed by atoms with E-state index in [4.69, 9.17) is 32.7 Å². The van der Waals surface area contributed by atoms with E-state index in [1.807, 2.05) is 12.1 Å². The van der Waals surface area contributed by atoms with Crippen molar-refractivity contribution in [3.05, 3.63) is 97.5 Å². The zero-order chi connectivity index (χ0) is 28.6. The van der Waals surface area contributed by atoms with Crippen LogP contribution in [0, 0.1) is 23.7 Å². The molecule has 218 valence electrons. The lowest BCUT2D eigenvalue weighted by Gasteiger charge is -2.57. The van der Waals surface area contributed by atoms with E-state index >= 15 is 0 Å². The SMILES string of the molecule is COc1cc([C@@H]2Nc3ccc(C45CC6CC(CC(C6)C4)C5)cc3[C@@H]3C=CC[C@@H]32)cc(Br)c1OCc1ccc(Cl)cc1Cl. The number of hydrogen-bond donors (Lipinski definition) is 1. The normalized spacial score (nSPS) is 31.9. The highest BCUT2D eigenvalue weighted by atomic mass is 79.9. The van der Waals surface area contributed by atoms with E-state index in [0.717, 1.165) is 34.2 Å². The lowest BCUT2D eigenvalue weighted by atomic mass is 9.48. The van der Waals surface area contributed by atoms with Crippen LogP contribution in [-0.2, 0) is 12.0 Å². The van der Waals surface area contributed by atoms with Gasteiger partial charge in [-0.3, -0.25) is 0 Å². The predicted molar refractivity (Wildman–Crippen MR) is 174 cm³/mol. The van der Waals surface area contributed by atoms with Crippen LogP contribution in [0.5, 0.6) is 11.5 Å². The van der Waals surface area contributed by atoms with Crippen molar-refractivity contribution in [1.82, 2.24) is 0 Å². The number of anilines is 1.